The zero-order valence-corrected chi connectivity index (χ0v) is 15.3. The van der Waals surface area contributed by atoms with Gasteiger partial charge in [-0.15, -0.1) is 0 Å². The maximum atomic E-state index is 12.3. The van der Waals surface area contributed by atoms with E-state index >= 15 is 0 Å². The molecule has 0 heterocycles. The molecule has 2 aromatic rings. The van der Waals surface area contributed by atoms with Crippen molar-refractivity contribution in [2.45, 2.75) is 13.5 Å². The third-order valence-electron chi connectivity index (χ3n) is 3.95. The molecule has 138 valence electrons. The lowest BCUT2D eigenvalue weighted by molar-refractivity contribution is -0.117. The van der Waals surface area contributed by atoms with Gasteiger partial charge in [0.15, 0.2) is 0 Å². The van der Waals surface area contributed by atoms with Crippen LogP contribution in [0.2, 0.25) is 0 Å². The fourth-order valence-corrected chi connectivity index (χ4v) is 2.51. The van der Waals surface area contributed by atoms with Crippen molar-refractivity contribution >= 4 is 17.6 Å². The number of benzene rings is 2. The lowest BCUT2D eigenvalue weighted by atomic mass is 10.1. The van der Waals surface area contributed by atoms with Gasteiger partial charge in [-0.1, -0.05) is 25.1 Å². The molecule has 0 radical (unpaired) electrons. The zero-order valence-electron chi connectivity index (χ0n) is 15.3. The molecule has 0 saturated heterocycles. The number of methoxy groups -OCH3 is 2. The molecular formula is C20H24N2O4. The highest BCUT2D eigenvalue weighted by Crippen LogP contribution is 2.16. The first kappa shape index (κ1) is 19.5. The Hall–Kier alpha value is -2.86. The van der Waals surface area contributed by atoms with E-state index < -0.39 is 0 Å². The molecule has 0 unspecified atom stereocenters. The molecule has 26 heavy (non-hydrogen) atoms. The minimum absolute atomic E-state index is 0.0914. The van der Waals surface area contributed by atoms with Gasteiger partial charge in [0, 0.05) is 18.3 Å². The standard InChI is InChI=1S/C20H24N2O4/c1-4-22(13-15-8-10-16(11-9-15)20(24)26-3)14-19(23)21-17-6-5-7-18(12-17)25-2/h5-12H,4,13-14H2,1-3H3,(H,21,23). The number of ether oxygens (including phenoxy) is 2. The number of nitrogens with zero attached hydrogens (tertiary/aromatic N) is 1. The van der Waals surface area contributed by atoms with E-state index in [2.05, 4.69) is 5.32 Å². The molecule has 0 saturated carbocycles. The van der Waals surface area contributed by atoms with Crippen LogP contribution in [0.15, 0.2) is 48.5 Å². The van der Waals surface area contributed by atoms with Gasteiger partial charge in [-0.2, -0.15) is 0 Å². The summed E-state index contributed by atoms with van der Waals surface area (Å²) in [6, 6.07) is 14.4. The first-order valence-electron chi connectivity index (χ1n) is 8.39. The predicted octanol–water partition coefficient (Wildman–Crippen LogP) is 2.94. The van der Waals surface area contributed by atoms with Crippen molar-refractivity contribution in [1.29, 1.82) is 0 Å². The van der Waals surface area contributed by atoms with Crippen LogP contribution in [0.3, 0.4) is 0 Å². The Morgan fingerprint density at radius 3 is 2.42 bits per heavy atom. The molecule has 0 aromatic heterocycles. The number of hydrogen-bond acceptors (Lipinski definition) is 5. The second-order valence-corrected chi connectivity index (χ2v) is 5.77. The van der Waals surface area contributed by atoms with Crippen LogP contribution in [0.25, 0.3) is 0 Å². The molecule has 0 atom stereocenters. The molecule has 0 aliphatic carbocycles. The largest absolute Gasteiger partial charge is 0.497 e. The molecule has 2 rings (SSSR count). The lowest BCUT2D eigenvalue weighted by Gasteiger charge is -2.20. The highest BCUT2D eigenvalue weighted by Gasteiger charge is 2.11. The van der Waals surface area contributed by atoms with E-state index in [1.807, 2.05) is 42.2 Å². The smallest absolute Gasteiger partial charge is 0.337 e. The number of carbonyl (C=O) groups is 2. The van der Waals surface area contributed by atoms with Crippen molar-refractivity contribution in [2.24, 2.45) is 0 Å². The summed E-state index contributed by atoms with van der Waals surface area (Å²) in [7, 11) is 2.95. The summed E-state index contributed by atoms with van der Waals surface area (Å²) >= 11 is 0. The summed E-state index contributed by atoms with van der Waals surface area (Å²) in [5.41, 5.74) is 2.23. The van der Waals surface area contributed by atoms with Gasteiger partial charge < -0.3 is 14.8 Å². The minimum atomic E-state index is -0.360. The van der Waals surface area contributed by atoms with Crippen LogP contribution in [0.5, 0.6) is 5.75 Å². The molecule has 0 fully saturated rings. The van der Waals surface area contributed by atoms with Crippen molar-refractivity contribution in [1.82, 2.24) is 4.90 Å². The number of anilines is 1. The van der Waals surface area contributed by atoms with Gasteiger partial charge in [0.1, 0.15) is 5.75 Å². The average Bonchev–Trinajstić information content (AvgIpc) is 2.67. The van der Waals surface area contributed by atoms with Gasteiger partial charge in [0.25, 0.3) is 0 Å². The highest BCUT2D eigenvalue weighted by atomic mass is 16.5. The second kappa shape index (κ2) is 9.58. The van der Waals surface area contributed by atoms with E-state index in [9.17, 15) is 9.59 Å². The third-order valence-corrected chi connectivity index (χ3v) is 3.95. The van der Waals surface area contributed by atoms with Crippen LogP contribution in [-0.4, -0.2) is 44.1 Å². The number of hydrogen-bond donors (Lipinski definition) is 1. The van der Waals surface area contributed by atoms with E-state index in [0.717, 1.165) is 12.1 Å². The highest BCUT2D eigenvalue weighted by molar-refractivity contribution is 5.92. The Kier molecular flexibility index (Phi) is 7.17. The van der Waals surface area contributed by atoms with Crippen LogP contribution >= 0.6 is 0 Å². The van der Waals surface area contributed by atoms with E-state index in [1.54, 1.807) is 25.3 Å². The topological polar surface area (TPSA) is 67.9 Å². The van der Waals surface area contributed by atoms with Crippen molar-refractivity contribution in [3.05, 3.63) is 59.7 Å². The van der Waals surface area contributed by atoms with Crippen molar-refractivity contribution in [3.8, 4) is 5.75 Å². The summed E-state index contributed by atoms with van der Waals surface area (Å²) in [6.45, 7) is 3.61. The molecule has 0 bridgehead atoms. The Balaban J connectivity index is 1.93. The molecule has 0 aliphatic heterocycles. The Labute approximate surface area is 153 Å². The Morgan fingerprint density at radius 2 is 1.81 bits per heavy atom. The molecule has 2 aromatic carbocycles. The molecule has 1 N–H and O–H groups in total. The monoisotopic (exact) mass is 356 g/mol. The number of rotatable bonds is 8. The fraction of sp³-hybridized carbons (Fsp3) is 0.300. The summed E-state index contributed by atoms with van der Waals surface area (Å²) in [5.74, 6) is 0.244. The summed E-state index contributed by atoms with van der Waals surface area (Å²) < 4.78 is 9.85. The van der Waals surface area contributed by atoms with E-state index in [-0.39, 0.29) is 18.4 Å². The van der Waals surface area contributed by atoms with E-state index in [4.69, 9.17) is 9.47 Å². The van der Waals surface area contributed by atoms with Crippen LogP contribution in [-0.2, 0) is 16.1 Å². The fourth-order valence-electron chi connectivity index (χ4n) is 2.51. The van der Waals surface area contributed by atoms with Crippen molar-refractivity contribution < 1.29 is 19.1 Å². The quantitative estimate of drug-likeness (QED) is 0.737. The summed E-state index contributed by atoms with van der Waals surface area (Å²) in [4.78, 5) is 25.8. The molecule has 0 spiro atoms. The Bertz CT molecular complexity index is 744. The summed E-state index contributed by atoms with van der Waals surface area (Å²) in [5, 5.41) is 2.88. The number of nitrogens with one attached hydrogen (secondary N) is 1. The zero-order chi connectivity index (χ0) is 18.9. The number of likely N-dealkylation sites (N-methyl/N-ethyl adjacent to an activating group) is 1. The van der Waals surface area contributed by atoms with Gasteiger partial charge in [0.05, 0.1) is 26.3 Å². The second-order valence-electron chi connectivity index (χ2n) is 5.77. The first-order chi connectivity index (χ1) is 12.5. The molecule has 0 aliphatic rings. The van der Waals surface area contributed by atoms with Crippen molar-refractivity contribution in [2.75, 3.05) is 32.6 Å². The van der Waals surface area contributed by atoms with Crippen LogP contribution < -0.4 is 10.1 Å². The van der Waals surface area contributed by atoms with Gasteiger partial charge in [-0.05, 0) is 36.4 Å². The van der Waals surface area contributed by atoms with Gasteiger partial charge in [0.2, 0.25) is 5.91 Å². The van der Waals surface area contributed by atoms with Gasteiger partial charge in [-0.3, -0.25) is 9.69 Å². The van der Waals surface area contributed by atoms with E-state index in [1.165, 1.54) is 7.11 Å². The number of amides is 1. The molecular weight excluding hydrogens is 332 g/mol. The molecule has 1 amide bonds. The van der Waals surface area contributed by atoms with Gasteiger partial charge >= 0.3 is 5.97 Å². The van der Waals surface area contributed by atoms with Crippen molar-refractivity contribution in [3.63, 3.8) is 0 Å². The van der Waals surface area contributed by atoms with Crippen LogP contribution in [0, 0.1) is 0 Å². The molecule has 6 nitrogen and oxygen atoms in total. The molecule has 6 heteroatoms. The third kappa shape index (κ3) is 5.60. The maximum Gasteiger partial charge on any atom is 0.337 e. The lowest BCUT2D eigenvalue weighted by Crippen LogP contribution is -2.32. The minimum Gasteiger partial charge on any atom is -0.497 e. The summed E-state index contributed by atoms with van der Waals surface area (Å²) in [6.07, 6.45) is 0. The normalized spacial score (nSPS) is 10.5. The average molecular weight is 356 g/mol. The van der Waals surface area contributed by atoms with Gasteiger partial charge in [-0.25, -0.2) is 4.79 Å². The predicted molar refractivity (Wildman–Crippen MR) is 100 cm³/mol. The van der Waals surface area contributed by atoms with E-state index in [0.29, 0.717) is 23.5 Å². The number of esters is 1. The first-order valence-corrected chi connectivity index (χ1v) is 8.39. The number of carbonyl (C=O) groups excluding carboxylic acids is 2. The maximum absolute atomic E-state index is 12.3. The van der Waals surface area contributed by atoms with Crippen LogP contribution in [0.1, 0.15) is 22.8 Å². The SMILES string of the molecule is CCN(CC(=O)Nc1cccc(OC)c1)Cc1ccc(C(=O)OC)cc1. The van der Waals surface area contributed by atoms with Crippen LogP contribution in [0.4, 0.5) is 5.69 Å². The Morgan fingerprint density at radius 1 is 1.08 bits per heavy atom.